The van der Waals surface area contributed by atoms with E-state index in [1.165, 1.54) is 9.75 Å². The molecule has 1 saturated heterocycles. The van der Waals surface area contributed by atoms with Crippen LogP contribution in [0.25, 0.3) is 0 Å². The minimum absolute atomic E-state index is 0. The smallest absolute Gasteiger partial charge is 0.191 e. The van der Waals surface area contributed by atoms with E-state index in [1.807, 2.05) is 11.3 Å². The van der Waals surface area contributed by atoms with Crippen molar-refractivity contribution in [1.82, 2.24) is 15.5 Å². The monoisotopic (exact) mass is 438 g/mol. The minimum atomic E-state index is 0. The van der Waals surface area contributed by atoms with Gasteiger partial charge in [-0.15, -0.1) is 35.3 Å². The molecule has 1 unspecified atom stereocenters. The van der Waals surface area contributed by atoms with Gasteiger partial charge in [0, 0.05) is 36.4 Å². The normalized spacial score (nSPS) is 19.6. The molecular formula is C15H27IN4OS. The standard InChI is InChI=1S/C15H26N4OS.HI/c1-4-13-5-6-14(21-13)10-18-15(16-2)17-9-12-11-19(3)7-8-20-12;/h5-6,12H,4,7-11H2,1-3H3,(H2,16,17,18);1H. The van der Waals surface area contributed by atoms with Gasteiger partial charge in [-0.3, -0.25) is 4.99 Å². The van der Waals surface area contributed by atoms with Crippen molar-refractivity contribution in [3.8, 4) is 0 Å². The third-order valence-electron chi connectivity index (χ3n) is 3.56. The fraction of sp³-hybridized carbons (Fsp3) is 0.667. The quantitative estimate of drug-likeness (QED) is 0.419. The number of nitrogens with zero attached hydrogens (tertiary/aromatic N) is 2. The first-order chi connectivity index (χ1) is 10.2. The number of aliphatic imine (C=N–C) groups is 1. The van der Waals surface area contributed by atoms with E-state index in [2.05, 4.69) is 46.6 Å². The number of hydrogen-bond acceptors (Lipinski definition) is 4. The third-order valence-corrected chi connectivity index (χ3v) is 4.79. The summed E-state index contributed by atoms with van der Waals surface area (Å²) in [6.45, 7) is 6.58. The molecule has 2 rings (SSSR count). The number of ether oxygens (including phenoxy) is 1. The number of likely N-dealkylation sites (N-methyl/N-ethyl adjacent to an activating group) is 1. The van der Waals surface area contributed by atoms with Gasteiger partial charge in [0.2, 0.25) is 0 Å². The van der Waals surface area contributed by atoms with E-state index >= 15 is 0 Å². The number of hydrogen-bond donors (Lipinski definition) is 2. The lowest BCUT2D eigenvalue weighted by molar-refractivity contribution is -0.0161. The summed E-state index contributed by atoms with van der Waals surface area (Å²) in [5, 5.41) is 6.70. The molecule has 126 valence electrons. The molecular weight excluding hydrogens is 411 g/mol. The first kappa shape index (κ1) is 19.7. The molecule has 1 fully saturated rings. The Morgan fingerprint density at radius 3 is 2.82 bits per heavy atom. The second kappa shape index (κ2) is 10.4. The van der Waals surface area contributed by atoms with Crippen LogP contribution in [0.5, 0.6) is 0 Å². The Morgan fingerprint density at radius 1 is 1.41 bits per heavy atom. The molecule has 0 amide bonds. The predicted molar refractivity (Wildman–Crippen MR) is 105 cm³/mol. The Bertz CT molecular complexity index is 466. The molecule has 22 heavy (non-hydrogen) atoms. The zero-order chi connectivity index (χ0) is 15.1. The van der Waals surface area contributed by atoms with Crippen LogP contribution < -0.4 is 10.6 Å². The zero-order valence-corrected chi connectivity index (χ0v) is 16.7. The maximum atomic E-state index is 5.74. The topological polar surface area (TPSA) is 48.9 Å². The molecule has 0 aliphatic carbocycles. The number of rotatable bonds is 5. The van der Waals surface area contributed by atoms with Crippen LogP contribution in [0.1, 0.15) is 16.7 Å². The van der Waals surface area contributed by atoms with Crippen molar-refractivity contribution in [2.45, 2.75) is 26.0 Å². The Morgan fingerprint density at radius 2 is 2.18 bits per heavy atom. The van der Waals surface area contributed by atoms with Gasteiger partial charge in [0.15, 0.2) is 5.96 Å². The van der Waals surface area contributed by atoms with Crippen LogP contribution in [0.2, 0.25) is 0 Å². The number of nitrogens with one attached hydrogen (secondary N) is 2. The van der Waals surface area contributed by atoms with E-state index in [0.29, 0.717) is 0 Å². The van der Waals surface area contributed by atoms with Gasteiger partial charge in [0.05, 0.1) is 19.3 Å². The predicted octanol–water partition coefficient (Wildman–Crippen LogP) is 1.92. The fourth-order valence-corrected chi connectivity index (χ4v) is 3.20. The molecule has 0 radical (unpaired) electrons. The van der Waals surface area contributed by atoms with Gasteiger partial charge in [-0.1, -0.05) is 6.92 Å². The van der Waals surface area contributed by atoms with E-state index in [0.717, 1.165) is 45.2 Å². The van der Waals surface area contributed by atoms with Crippen molar-refractivity contribution in [3.63, 3.8) is 0 Å². The molecule has 0 bridgehead atoms. The van der Waals surface area contributed by atoms with Crippen molar-refractivity contribution >= 4 is 41.3 Å². The van der Waals surface area contributed by atoms with Gasteiger partial charge >= 0.3 is 0 Å². The van der Waals surface area contributed by atoms with Crippen molar-refractivity contribution in [1.29, 1.82) is 0 Å². The second-order valence-corrected chi connectivity index (χ2v) is 6.54. The average molecular weight is 438 g/mol. The third kappa shape index (κ3) is 6.39. The number of morpholine rings is 1. The summed E-state index contributed by atoms with van der Waals surface area (Å²) in [4.78, 5) is 9.32. The van der Waals surface area contributed by atoms with Crippen LogP contribution in [0, 0.1) is 0 Å². The average Bonchev–Trinajstić information content (AvgIpc) is 2.95. The summed E-state index contributed by atoms with van der Waals surface area (Å²) >= 11 is 1.86. The van der Waals surface area contributed by atoms with Crippen molar-refractivity contribution in [2.75, 3.05) is 40.3 Å². The number of guanidine groups is 1. The maximum absolute atomic E-state index is 5.74. The van der Waals surface area contributed by atoms with Crippen molar-refractivity contribution in [2.24, 2.45) is 4.99 Å². The highest BCUT2D eigenvalue weighted by molar-refractivity contribution is 14.0. The Labute approximate surface area is 154 Å². The molecule has 0 spiro atoms. The lowest BCUT2D eigenvalue weighted by Crippen LogP contribution is -2.48. The molecule has 0 saturated carbocycles. The van der Waals surface area contributed by atoms with Crippen LogP contribution in [-0.4, -0.2) is 57.3 Å². The summed E-state index contributed by atoms with van der Waals surface area (Å²) in [6.07, 6.45) is 1.33. The Balaban J connectivity index is 0.00000242. The number of aryl methyl sites for hydroxylation is 1. The highest BCUT2D eigenvalue weighted by Gasteiger charge is 2.17. The van der Waals surface area contributed by atoms with E-state index < -0.39 is 0 Å². The molecule has 2 heterocycles. The van der Waals surface area contributed by atoms with E-state index in [9.17, 15) is 0 Å². The molecule has 5 nitrogen and oxygen atoms in total. The van der Waals surface area contributed by atoms with Crippen LogP contribution in [0.3, 0.4) is 0 Å². The first-order valence-corrected chi connectivity index (χ1v) is 8.35. The van der Waals surface area contributed by atoms with E-state index in [1.54, 1.807) is 7.05 Å². The van der Waals surface area contributed by atoms with Gasteiger partial charge in [0.1, 0.15) is 0 Å². The van der Waals surface area contributed by atoms with Crippen LogP contribution in [-0.2, 0) is 17.7 Å². The largest absolute Gasteiger partial charge is 0.374 e. The highest BCUT2D eigenvalue weighted by atomic mass is 127. The SMILES string of the molecule is CCc1ccc(CNC(=NC)NCC2CN(C)CCO2)s1.I. The maximum Gasteiger partial charge on any atom is 0.191 e. The zero-order valence-electron chi connectivity index (χ0n) is 13.6. The molecule has 2 N–H and O–H groups in total. The molecule has 1 aliphatic heterocycles. The summed E-state index contributed by atoms with van der Waals surface area (Å²) in [7, 11) is 3.93. The molecule has 1 aromatic rings. The summed E-state index contributed by atoms with van der Waals surface area (Å²) in [5.74, 6) is 0.832. The summed E-state index contributed by atoms with van der Waals surface area (Å²) < 4.78 is 5.74. The highest BCUT2D eigenvalue weighted by Crippen LogP contribution is 2.16. The number of halogens is 1. The first-order valence-electron chi connectivity index (χ1n) is 7.53. The van der Waals surface area contributed by atoms with Crippen molar-refractivity contribution < 1.29 is 4.74 Å². The van der Waals surface area contributed by atoms with Gasteiger partial charge in [0.25, 0.3) is 0 Å². The Kier molecular flexibility index (Phi) is 9.30. The lowest BCUT2D eigenvalue weighted by atomic mass is 10.3. The summed E-state index contributed by atoms with van der Waals surface area (Å²) in [6, 6.07) is 4.38. The number of thiophene rings is 1. The van der Waals surface area contributed by atoms with E-state index in [-0.39, 0.29) is 30.1 Å². The van der Waals surface area contributed by atoms with Crippen LogP contribution in [0.4, 0.5) is 0 Å². The van der Waals surface area contributed by atoms with Crippen LogP contribution >= 0.6 is 35.3 Å². The second-order valence-electron chi connectivity index (χ2n) is 5.28. The lowest BCUT2D eigenvalue weighted by Gasteiger charge is -2.30. The molecule has 1 aliphatic rings. The Hall–Kier alpha value is -0.380. The van der Waals surface area contributed by atoms with Gasteiger partial charge in [-0.05, 0) is 25.6 Å². The molecule has 1 atom stereocenters. The van der Waals surface area contributed by atoms with Gasteiger partial charge < -0.3 is 20.3 Å². The van der Waals surface area contributed by atoms with Crippen LogP contribution in [0.15, 0.2) is 17.1 Å². The van der Waals surface area contributed by atoms with E-state index in [4.69, 9.17) is 4.74 Å². The minimum Gasteiger partial charge on any atom is -0.374 e. The fourth-order valence-electron chi connectivity index (χ4n) is 2.30. The molecule has 0 aromatic carbocycles. The molecule has 1 aromatic heterocycles. The van der Waals surface area contributed by atoms with Gasteiger partial charge in [-0.25, -0.2) is 0 Å². The van der Waals surface area contributed by atoms with Gasteiger partial charge in [-0.2, -0.15) is 0 Å². The molecule has 7 heteroatoms. The van der Waals surface area contributed by atoms with Crippen molar-refractivity contribution in [3.05, 3.63) is 21.9 Å². The summed E-state index contributed by atoms with van der Waals surface area (Å²) in [5.41, 5.74) is 0.